The highest BCUT2D eigenvalue weighted by molar-refractivity contribution is 5.84. The summed E-state index contributed by atoms with van der Waals surface area (Å²) in [6.07, 6.45) is 10.5. The summed E-state index contributed by atoms with van der Waals surface area (Å²) in [6.45, 7) is 6.97. The number of carboxylic acids is 1. The predicted octanol–water partition coefficient (Wildman–Crippen LogP) is 4.02. The van der Waals surface area contributed by atoms with Crippen LogP contribution in [0, 0.1) is 51.8 Å². The van der Waals surface area contributed by atoms with E-state index >= 15 is 0 Å². The van der Waals surface area contributed by atoms with Crippen LogP contribution in [-0.2, 0) is 14.4 Å². The molecule has 11 atom stereocenters. The SMILES string of the molecule is C[C@H](CCC(=O)NCC(=O)NCC1(CC(=O)O)CCCCC1)C1CCC2C3C(C[C@H](O)C21C)C1(C)CC[C@@H](O)CC1C[C@H]3O. The second-order valence-electron chi connectivity index (χ2n) is 16.2. The maximum atomic E-state index is 12.8. The fourth-order valence-corrected chi connectivity index (χ4v) is 11.3. The highest BCUT2D eigenvalue weighted by Crippen LogP contribution is 2.68. The summed E-state index contributed by atoms with van der Waals surface area (Å²) in [5, 5.41) is 48.6. The van der Waals surface area contributed by atoms with Gasteiger partial charge in [0.1, 0.15) is 0 Å². The Hall–Kier alpha value is -1.71. The zero-order chi connectivity index (χ0) is 31.9. The van der Waals surface area contributed by atoms with Crippen molar-refractivity contribution in [2.45, 2.75) is 135 Å². The van der Waals surface area contributed by atoms with Crippen molar-refractivity contribution in [3.05, 3.63) is 0 Å². The van der Waals surface area contributed by atoms with Gasteiger partial charge in [-0.1, -0.05) is 40.0 Å². The van der Waals surface area contributed by atoms with Crippen LogP contribution in [0.3, 0.4) is 0 Å². The van der Waals surface area contributed by atoms with Crippen LogP contribution in [0.2, 0.25) is 0 Å². The highest BCUT2D eigenvalue weighted by atomic mass is 16.4. The normalized spacial score (nSPS) is 41.9. The number of amides is 2. The van der Waals surface area contributed by atoms with Gasteiger partial charge in [0.05, 0.1) is 31.3 Å². The van der Waals surface area contributed by atoms with Gasteiger partial charge in [-0.05, 0) is 116 Å². The van der Waals surface area contributed by atoms with Gasteiger partial charge in [-0.15, -0.1) is 0 Å². The van der Waals surface area contributed by atoms with Gasteiger partial charge in [0.25, 0.3) is 0 Å². The first-order valence-electron chi connectivity index (χ1n) is 17.6. The third-order valence-electron chi connectivity index (χ3n) is 13.9. The average Bonchev–Trinajstić information content (AvgIpc) is 3.33. The van der Waals surface area contributed by atoms with Gasteiger partial charge in [-0.25, -0.2) is 0 Å². The third-order valence-corrected chi connectivity index (χ3v) is 13.9. The number of aliphatic hydroxyl groups excluding tert-OH is 3. The molecule has 9 heteroatoms. The number of carbonyl (C=O) groups is 3. The van der Waals surface area contributed by atoms with Crippen molar-refractivity contribution in [2.24, 2.45) is 51.8 Å². The molecule has 250 valence electrons. The Morgan fingerprint density at radius 3 is 2.30 bits per heavy atom. The fourth-order valence-electron chi connectivity index (χ4n) is 11.3. The Morgan fingerprint density at radius 1 is 0.864 bits per heavy atom. The van der Waals surface area contributed by atoms with Gasteiger partial charge in [0.2, 0.25) is 11.8 Å². The van der Waals surface area contributed by atoms with Gasteiger partial charge in [0, 0.05) is 13.0 Å². The molecular formula is C35H58N2O7. The minimum absolute atomic E-state index is 0.0484. The lowest BCUT2D eigenvalue weighted by Crippen LogP contribution is -2.62. The molecule has 0 saturated heterocycles. The Bertz CT molecular complexity index is 1060. The largest absolute Gasteiger partial charge is 0.481 e. The number of carbonyl (C=O) groups excluding carboxylic acids is 2. The molecule has 0 aliphatic heterocycles. The van der Waals surface area contributed by atoms with Crippen LogP contribution in [0.4, 0.5) is 0 Å². The zero-order valence-electron chi connectivity index (χ0n) is 27.2. The summed E-state index contributed by atoms with van der Waals surface area (Å²) < 4.78 is 0. The Morgan fingerprint density at radius 2 is 1.59 bits per heavy atom. The van der Waals surface area contributed by atoms with E-state index in [1.165, 1.54) is 0 Å². The molecule has 44 heavy (non-hydrogen) atoms. The second-order valence-corrected chi connectivity index (χ2v) is 16.2. The molecule has 0 bridgehead atoms. The van der Waals surface area contributed by atoms with Crippen molar-refractivity contribution in [2.75, 3.05) is 13.1 Å². The quantitative estimate of drug-likeness (QED) is 0.216. The number of fused-ring (bicyclic) bond motifs is 5. The summed E-state index contributed by atoms with van der Waals surface area (Å²) >= 11 is 0. The van der Waals surface area contributed by atoms with Gasteiger partial charge in [-0.2, -0.15) is 0 Å². The molecule has 0 aromatic carbocycles. The lowest BCUT2D eigenvalue weighted by Gasteiger charge is -2.63. The maximum absolute atomic E-state index is 12.8. The molecule has 9 nitrogen and oxygen atoms in total. The van der Waals surface area contributed by atoms with Gasteiger partial charge < -0.3 is 31.1 Å². The van der Waals surface area contributed by atoms with Crippen molar-refractivity contribution in [3.63, 3.8) is 0 Å². The lowest BCUT2D eigenvalue weighted by atomic mass is 9.43. The van der Waals surface area contributed by atoms with E-state index in [1.54, 1.807) is 0 Å². The molecular weight excluding hydrogens is 560 g/mol. The van der Waals surface area contributed by atoms with Gasteiger partial charge in [-0.3, -0.25) is 14.4 Å². The second kappa shape index (κ2) is 13.2. The molecule has 5 aliphatic carbocycles. The fraction of sp³-hybridized carbons (Fsp3) is 0.914. The topological polar surface area (TPSA) is 156 Å². The van der Waals surface area contributed by atoms with Crippen LogP contribution >= 0.6 is 0 Å². The minimum atomic E-state index is -0.839. The van der Waals surface area contributed by atoms with E-state index in [9.17, 15) is 34.8 Å². The van der Waals surface area contributed by atoms with Crippen molar-refractivity contribution in [1.82, 2.24) is 10.6 Å². The lowest BCUT2D eigenvalue weighted by molar-refractivity contribution is -0.207. The standard InChI is InChI=1S/C35H58N2O7/c1-21(7-10-29(41)36-19-30(42)37-20-35(18-31(43)44)12-5-4-6-13-35)24-8-9-25-32-26(17-28(40)34(24,25)3)33(2)14-11-23(38)15-22(33)16-27(32)39/h21-28,32,38-40H,4-20H2,1-3H3,(H,36,41)(H,37,42)(H,43,44)/t21-,22?,23-,24?,25?,26?,27-,28+,32?,33?,34?/m1/s1. The zero-order valence-corrected chi connectivity index (χ0v) is 27.2. The number of aliphatic hydroxyl groups is 3. The van der Waals surface area contributed by atoms with E-state index in [2.05, 4.69) is 31.4 Å². The Kier molecular flexibility index (Phi) is 10.1. The molecule has 5 aliphatic rings. The van der Waals surface area contributed by atoms with Crippen LogP contribution in [0.5, 0.6) is 0 Å². The molecule has 6 N–H and O–H groups in total. The number of carboxylic acid groups (broad SMARTS) is 1. The Labute approximate surface area is 263 Å². The number of hydrogen-bond donors (Lipinski definition) is 6. The molecule has 5 fully saturated rings. The number of rotatable bonds is 10. The smallest absolute Gasteiger partial charge is 0.303 e. The monoisotopic (exact) mass is 618 g/mol. The van der Waals surface area contributed by atoms with E-state index in [0.29, 0.717) is 31.7 Å². The van der Waals surface area contributed by atoms with Crippen molar-refractivity contribution in [1.29, 1.82) is 0 Å². The number of nitrogens with one attached hydrogen (secondary N) is 2. The molecule has 5 saturated carbocycles. The molecule has 0 spiro atoms. The Balaban J connectivity index is 1.12. The van der Waals surface area contributed by atoms with Crippen LogP contribution in [-0.4, -0.2) is 69.6 Å². The summed E-state index contributed by atoms with van der Waals surface area (Å²) in [5.74, 6) is 0.148. The first-order valence-corrected chi connectivity index (χ1v) is 17.6. The van der Waals surface area contributed by atoms with Crippen molar-refractivity contribution in [3.8, 4) is 0 Å². The van der Waals surface area contributed by atoms with E-state index in [0.717, 1.165) is 70.6 Å². The summed E-state index contributed by atoms with van der Waals surface area (Å²) in [4.78, 5) is 36.7. The highest BCUT2D eigenvalue weighted by Gasteiger charge is 2.65. The van der Waals surface area contributed by atoms with Gasteiger partial charge in [0.15, 0.2) is 0 Å². The summed E-state index contributed by atoms with van der Waals surface area (Å²) in [7, 11) is 0. The van der Waals surface area contributed by atoms with Crippen LogP contribution in [0.15, 0.2) is 0 Å². The van der Waals surface area contributed by atoms with Gasteiger partial charge >= 0.3 is 5.97 Å². The van der Waals surface area contributed by atoms with E-state index in [4.69, 9.17) is 0 Å². The number of aliphatic carboxylic acids is 1. The first kappa shape index (κ1) is 33.6. The molecule has 7 unspecified atom stereocenters. The molecule has 5 rings (SSSR count). The maximum Gasteiger partial charge on any atom is 0.303 e. The minimum Gasteiger partial charge on any atom is -0.481 e. The van der Waals surface area contributed by atoms with Crippen molar-refractivity contribution >= 4 is 17.8 Å². The predicted molar refractivity (Wildman–Crippen MR) is 166 cm³/mol. The third kappa shape index (κ3) is 6.44. The molecule has 2 amide bonds. The van der Waals surface area contributed by atoms with Crippen molar-refractivity contribution < 1.29 is 34.8 Å². The van der Waals surface area contributed by atoms with Crippen LogP contribution in [0.1, 0.15) is 117 Å². The van der Waals surface area contributed by atoms with E-state index in [1.807, 2.05) is 0 Å². The summed E-state index contributed by atoms with van der Waals surface area (Å²) in [5.41, 5.74) is -0.656. The van der Waals surface area contributed by atoms with E-state index < -0.39 is 23.6 Å². The number of hydrogen-bond acceptors (Lipinski definition) is 6. The first-order chi connectivity index (χ1) is 20.8. The molecule has 0 aromatic heterocycles. The van der Waals surface area contributed by atoms with Crippen LogP contribution in [0.25, 0.3) is 0 Å². The van der Waals surface area contributed by atoms with E-state index in [-0.39, 0.29) is 71.3 Å². The molecule has 0 heterocycles. The van der Waals surface area contributed by atoms with Crippen LogP contribution < -0.4 is 10.6 Å². The molecule has 0 radical (unpaired) electrons. The summed E-state index contributed by atoms with van der Waals surface area (Å²) in [6, 6.07) is 0. The average molecular weight is 619 g/mol. The molecule has 0 aromatic rings.